The molecule has 9 nitrogen and oxygen atoms in total. The van der Waals surface area contributed by atoms with Gasteiger partial charge >= 0.3 is 0 Å². The molecule has 4 aromatic rings. The fourth-order valence-electron chi connectivity index (χ4n) is 4.20. The van der Waals surface area contributed by atoms with Crippen LogP contribution in [0.2, 0.25) is 0 Å². The molecule has 0 unspecified atom stereocenters. The summed E-state index contributed by atoms with van der Waals surface area (Å²) in [5.74, 6) is 2.20. The van der Waals surface area contributed by atoms with E-state index in [1.807, 2.05) is 15.5 Å². The summed E-state index contributed by atoms with van der Waals surface area (Å²) in [5, 5.41) is 9.24. The Labute approximate surface area is 217 Å². The second-order valence-corrected chi connectivity index (χ2v) is 9.23. The fraction of sp³-hybridized carbons (Fsp3) is 0.269. The molecule has 0 spiro atoms. The molecule has 2 aromatic carbocycles. The normalized spacial score (nSPS) is 13.6. The first-order valence-corrected chi connectivity index (χ1v) is 12.7. The van der Waals surface area contributed by atoms with Gasteiger partial charge in [0.15, 0.2) is 10.9 Å². The van der Waals surface area contributed by atoms with E-state index in [1.165, 1.54) is 23.9 Å². The lowest BCUT2D eigenvalue weighted by Gasteiger charge is -2.36. The number of carbonyl (C=O) groups is 1. The molecule has 1 saturated heterocycles. The summed E-state index contributed by atoms with van der Waals surface area (Å²) in [6, 6.07) is 15.4. The molecule has 0 atom stereocenters. The summed E-state index contributed by atoms with van der Waals surface area (Å²) in [7, 11) is 3.18. The van der Waals surface area contributed by atoms with Crippen LogP contribution in [-0.2, 0) is 4.79 Å². The van der Waals surface area contributed by atoms with Gasteiger partial charge in [0.05, 0.1) is 31.9 Å². The van der Waals surface area contributed by atoms with Crippen LogP contribution in [0.5, 0.6) is 11.5 Å². The number of aromatic nitrogens is 3. The first-order valence-electron chi connectivity index (χ1n) is 11.7. The lowest BCUT2D eigenvalue weighted by atomic mass is 10.2. The Hall–Kier alpha value is -3.99. The summed E-state index contributed by atoms with van der Waals surface area (Å²) in [5.41, 5.74) is 1.62. The lowest BCUT2D eigenvalue weighted by molar-refractivity contribution is -0.128. The van der Waals surface area contributed by atoms with Crippen molar-refractivity contribution in [3.63, 3.8) is 0 Å². The average molecular weight is 524 g/mol. The van der Waals surface area contributed by atoms with Crippen molar-refractivity contribution in [2.24, 2.45) is 0 Å². The Kier molecular flexibility index (Phi) is 7.31. The molecule has 0 radical (unpaired) electrons. The van der Waals surface area contributed by atoms with Crippen LogP contribution in [0, 0.1) is 5.82 Å². The van der Waals surface area contributed by atoms with Gasteiger partial charge < -0.3 is 23.7 Å². The number of thioether (sulfide) groups is 1. The van der Waals surface area contributed by atoms with Crippen molar-refractivity contribution in [3.05, 3.63) is 66.7 Å². The molecule has 0 N–H and O–H groups in total. The molecule has 1 fully saturated rings. The average Bonchev–Trinajstić information content (AvgIpc) is 3.62. The summed E-state index contributed by atoms with van der Waals surface area (Å²) < 4.78 is 31.7. The number of methoxy groups -OCH3 is 2. The van der Waals surface area contributed by atoms with Gasteiger partial charge in [0.2, 0.25) is 11.7 Å². The highest BCUT2D eigenvalue weighted by Crippen LogP contribution is 2.35. The Balaban J connectivity index is 1.33. The highest BCUT2D eigenvalue weighted by molar-refractivity contribution is 7.99. The number of halogens is 1. The van der Waals surface area contributed by atoms with Gasteiger partial charge in [-0.25, -0.2) is 4.39 Å². The van der Waals surface area contributed by atoms with E-state index >= 15 is 0 Å². The molecule has 1 amide bonds. The molecule has 3 heterocycles. The summed E-state index contributed by atoms with van der Waals surface area (Å²) in [6.45, 7) is 2.54. The zero-order chi connectivity index (χ0) is 25.8. The van der Waals surface area contributed by atoms with Crippen LogP contribution in [0.3, 0.4) is 0 Å². The van der Waals surface area contributed by atoms with Crippen LogP contribution in [-0.4, -0.2) is 71.7 Å². The van der Waals surface area contributed by atoms with Crippen LogP contribution in [0.1, 0.15) is 0 Å². The minimum Gasteiger partial charge on any atom is -0.497 e. The Morgan fingerprint density at radius 2 is 1.81 bits per heavy atom. The van der Waals surface area contributed by atoms with Gasteiger partial charge in [-0.05, 0) is 48.5 Å². The van der Waals surface area contributed by atoms with Gasteiger partial charge in [-0.3, -0.25) is 9.36 Å². The Morgan fingerprint density at radius 3 is 2.49 bits per heavy atom. The van der Waals surface area contributed by atoms with E-state index in [4.69, 9.17) is 13.9 Å². The van der Waals surface area contributed by atoms with Crippen molar-refractivity contribution in [3.8, 4) is 28.8 Å². The third-order valence-corrected chi connectivity index (χ3v) is 7.06. The number of furan rings is 1. The molecule has 11 heteroatoms. The maximum atomic E-state index is 13.2. The number of hydrogen-bond donors (Lipinski definition) is 0. The van der Waals surface area contributed by atoms with Crippen LogP contribution in [0.25, 0.3) is 17.3 Å². The molecule has 1 aliphatic heterocycles. The number of benzene rings is 2. The number of piperazine rings is 1. The van der Waals surface area contributed by atoms with Crippen LogP contribution >= 0.6 is 11.8 Å². The molecule has 1 aliphatic rings. The molecular formula is C26H26FN5O4S. The number of hydrogen-bond acceptors (Lipinski definition) is 8. The molecular weight excluding hydrogens is 497 g/mol. The van der Waals surface area contributed by atoms with Gasteiger partial charge in [-0.2, -0.15) is 0 Å². The van der Waals surface area contributed by atoms with Gasteiger partial charge in [-0.15, -0.1) is 10.2 Å². The molecule has 0 bridgehead atoms. The predicted octanol–water partition coefficient (Wildman–Crippen LogP) is 4.12. The standard InChI is InChI=1S/C26H26FN5O4S/c1-34-20-9-10-22(35-2)21(16-20)32-25(23-4-3-15-36-23)28-29-26(32)37-17-24(33)31-13-11-30(12-14-31)19-7-5-18(27)6-8-19/h3-10,15-16H,11-14,17H2,1-2H3. The van der Waals surface area contributed by atoms with Gasteiger partial charge in [0.25, 0.3) is 0 Å². The zero-order valence-electron chi connectivity index (χ0n) is 20.5. The molecule has 192 valence electrons. The van der Waals surface area contributed by atoms with Crippen molar-refractivity contribution in [2.45, 2.75) is 5.16 Å². The van der Waals surface area contributed by atoms with Gasteiger partial charge in [-0.1, -0.05) is 11.8 Å². The smallest absolute Gasteiger partial charge is 0.233 e. The molecule has 2 aromatic heterocycles. The maximum Gasteiger partial charge on any atom is 0.233 e. The molecule has 37 heavy (non-hydrogen) atoms. The molecule has 5 rings (SSSR count). The van der Waals surface area contributed by atoms with Crippen molar-refractivity contribution >= 4 is 23.4 Å². The SMILES string of the molecule is COc1ccc(OC)c(-n2c(SCC(=O)N3CCN(c4ccc(F)cc4)CC3)nnc2-c2ccco2)c1. The summed E-state index contributed by atoms with van der Waals surface area (Å²) >= 11 is 1.30. The number of amides is 1. The van der Waals surface area contributed by atoms with Crippen molar-refractivity contribution in [1.82, 2.24) is 19.7 Å². The third-order valence-electron chi connectivity index (χ3n) is 6.15. The molecule has 0 saturated carbocycles. The van der Waals surface area contributed by atoms with Crippen LogP contribution < -0.4 is 14.4 Å². The number of nitrogens with zero attached hydrogens (tertiary/aromatic N) is 5. The number of carbonyl (C=O) groups excluding carboxylic acids is 1. The highest BCUT2D eigenvalue weighted by atomic mass is 32.2. The van der Waals surface area contributed by atoms with E-state index in [1.54, 1.807) is 56.9 Å². The predicted molar refractivity (Wildman–Crippen MR) is 138 cm³/mol. The Morgan fingerprint density at radius 1 is 1.03 bits per heavy atom. The van der Waals surface area contributed by atoms with E-state index in [-0.39, 0.29) is 17.5 Å². The first kappa shape index (κ1) is 24.7. The third kappa shape index (κ3) is 5.26. The number of ether oxygens (including phenoxy) is 2. The quantitative estimate of drug-likeness (QED) is 0.319. The Bertz CT molecular complexity index is 1350. The van der Waals surface area contributed by atoms with Crippen LogP contribution in [0.4, 0.5) is 10.1 Å². The lowest BCUT2D eigenvalue weighted by Crippen LogP contribution is -2.49. The van der Waals surface area contributed by atoms with Gasteiger partial charge in [0.1, 0.15) is 17.3 Å². The van der Waals surface area contributed by atoms with E-state index in [0.29, 0.717) is 60.1 Å². The second-order valence-electron chi connectivity index (χ2n) is 8.29. The van der Waals surface area contributed by atoms with E-state index in [9.17, 15) is 9.18 Å². The minimum absolute atomic E-state index is 0.00969. The van der Waals surface area contributed by atoms with Crippen molar-refractivity contribution < 1.29 is 23.1 Å². The minimum atomic E-state index is -0.260. The summed E-state index contributed by atoms with van der Waals surface area (Å²) in [6.07, 6.45) is 1.57. The second kappa shape index (κ2) is 11.0. The monoisotopic (exact) mass is 523 g/mol. The van der Waals surface area contributed by atoms with E-state index < -0.39 is 0 Å². The fourth-order valence-corrected chi connectivity index (χ4v) is 5.05. The largest absolute Gasteiger partial charge is 0.497 e. The van der Waals surface area contributed by atoms with Crippen molar-refractivity contribution in [2.75, 3.05) is 51.1 Å². The first-order chi connectivity index (χ1) is 18.1. The topological polar surface area (TPSA) is 85.9 Å². The maximum absolute atomic E-state index is 13.2. The van der Waals surface area contributed by atoms with Crippen molar-refractivity contribution in [1.29, 1.82) is 0 Å². The summed E-state index contributed by atoms with van der Waals surface area (Å²) in [4.78, 5) is 17.1. The van der Waals surface area contributed by atoms with E-state index in [0.717, 1.165) is 5.69 Å². The zero-order valence-corrected chi connectivity index (χ0v) is 21.3. The van der Waals surface area contributed by atoms with Crippen LogP contribution in [0.15, 0.2) is 70.4 Å². The number of rotatable bonds is 8. The molecule has 0 aliphatic carbocycles. The van der Waals surface area contributed by atoms with Gasteiger partial charge in [0, 0.05) is 37.9 Å². The highest BCUT2D eigenvalue weighted by Gasteiger charge is 2.25. The number of anilines is 1. The van der Waals surface area contributed by atoms with E-state index in [2.05, 4.69) is 15.1 Å².